The van der Waals surface area contributed by atoms with E-state index in [1.807, 2.05) is 16.7 Å². The van der Waals surface area contributed by atoms with Crippen molar-refractivity contribution in [2.75, 3.05) is 31.8 Å². The van der Waals surface area contributed by atoms with E-state index in [0.29, 0.717) is 18.7 Å². The molecule has 0 bridgehead atoms. The van der Waals surface area contributed by atoms with Crippen LogP contribution in [0.5, 0.6) is 0 Å². The molecule has 0 aromatic carbocycles. The SMILES string of the molecule is COCCN(C(=O)c1cc(Cl)nc(Cl)c1)C1CCSC1. The average molecular weight is 335 g/mol. The van der Waals surface area contributed by atoms with E-state index in [9.17, 15) is 4.79 Å². The second-order valence-electron chi connectivity index (χ2n) is 4.51. The van der Waals surface area contributed by atoms with Crippen LogP contribution in [0.2, 0.25) is 10.3 Å². The minimum Gasteiger partial charge on any atom is -0.383 e. The maximum Gasteiger partial charge on any atom is 0.254 e. The highest BCUT2D eigenvalue weighted by molar-refractivity contribution is 7.99. The maximum atomic E-state index is 12.7. The summed E-state index contributed by atoms with van der Waals surface area (Å²) in [7, 11) is 1.63. The first-order chi connectivity index (χ1) is 9.61. The molecule has 2 heterocycles. The molecule has 1 amide bonds. The molecule has 0 spiro atoms. The Hall–Kier alpha value is -0.490. The zero-order valence-electron chi connectivity index (χ0n) is 11.1. The second-order valence-corrected chi connectivity index (χ2v) is 6.43. The molecular weight excluding hydrogens is 319 g/mol. The lowest BCUT2D eigenvalue weighted by Gasteiger charge is -2.28. The number of carbonyl (C=O) groups excluding carboxylic acids is 1. The quantitative estimate of drug-likeness (QED) is 0.776. The Kier molecular flexibility index (Phi) is 5.96. The van der Waals surface area contributed by atoms with Crippen LogP contribution in [0.1, 0.15) is 16.8 Å². The summed E-state index contributed by atoms with van der Waals surface area (Å²) in [6.07, 6.45) is 1.01. The summed E-state index contributed by atoms with van der Waals surface area (Å²) in [5.41, 5.74) is 0.475. The molecule has 110 valence electrons. The number of carbonyl (C=O) groups is 1. The number of halogens is 2. The largest absolute Gasteiger partial charge is 0.383 e. The summed E-state index contributed by atoms with van der Waals surface area (Å²) in [4.78, 5) is 18.4. The van der Waals surface area contributed by atoms with E-state index in [1.165, 1.54) is 0 Å². The summed E-state index contributed by atoms with van der Waals surface area (Å²) in [6, 6.07) is 3.35. The molecule has 20 heavy (non-hydrogen) atoms. The van der Waals surface area contributed by atoms with Crippen molar-refractivity contribution >= 4 is 40.9 Å². The van der Waals surface area contributed by atoms with E-state index in [1.54, 1.807) is 19.2 Å². The summed E-state index contributed by atoms with van der Waals surface area (Å²) in [5, 5.41) is 0.460. The Morgan fingerprint density at radius 3 is 2.75 bits per heavy atom. The first-order valence-corrected chi connectivity index (χ1v) is 8.23. The molecule has 1 aliphatic rings. The number of amides is 1. The molecule has 1 aromatic heterocycles. The number of pyridine rings is 1. The lowest BCUT2D eigenvalue weighted by atomic mass is 10.1. The number of ether oxygens (including phenoxy) is 1. The number of methoxy groups -OCH3 is 1. The van der Waals surface area contributed by atoms with E-state index in [2.05, 4.69) is 4.98 Å². The van der Waals surface area contributed by atoms with Gasteiger partial charge in [-0.1, -0.05) is 23.2 Å². The van der Waals surface area contributed by atoms with Crippen molar-refractivity contribution in [2.45, 2.75) is 12.5 Å². The van der Waals surface area contributed by atoms with Gasteiger partial charge in [-0.3, -0.25) is 4.79 Å². The van der Waals surface area contributed by atoms with Gasteiger partial charge in [0.15, 0.2) is 0 Å². The topological polar surface area (TPSA) is 42.4 Å². The molecule has 1 fully saturated rings. The zero-order valence-corrected chi connectivity index (χ0v) is 13.5. The number of hydrogen-bond donors (Lipinski definition) is 0. The van der Waals surface area contributed by atoms with E-state index in [-0.39, 0.29) is 22.3 Å². The number of thioether (sulfide) groups is 1. The summed E-state index contributed by atoms with van der Waals surface area (Å²) >= 11 is 13.6. The number of aromatic nitrogens is 1. The zero-order chi connectivity index (χ0) is 14.5. The molecule has 1 saturated heterocycles. The fourth-order valence-corrected chi connectivity index (χ4v) is 3.85. The summed E-state index contributed by atoms with van der Waals surface area (Å²) in [5.74, 6) is 1.97. The van der Waals surface area contributed by atoms with Crippen LogP contribution in [0.25, 0.3) is 0 Å². The van der Waals surface area contributed by atoms with E-state index in [0.717, 1.165) is 17.9 Å². The van der Waals surface area contributed by atoms with Crippen molar-refractivity contribution in [2.24, 2.45) is 0 Å². The molecule has 0 aliphatic carbocycles. The highest BCUT2D eigenvalue weighted by Gasteiger charge is 2.28. The fourth-order valence-electron chi connectivity index (χ4n) is 2.16. The van der Waals surface area contributed by atoms with Gasteiger partial charge in [-0.2, -0.15) is 11.8 Å². The average Bonchev–Trinajstić information content (AvgIpc) is 2.91. The van der Waals surface area contributed by atoms with Crippen LogP contribution < -0.4 is 0 Å². The molecule has 1 unspecified atom stereocenters. The second kappa shape index (κ2) is 7.50. The highest BCUT2D eigenvalue weighted by atomic mass is 35.5. The van der Waals surface area contributed by atoms with Gasteiger partial charge in [0.05, 0.1) is 6.61 Å². The van der Waals surface area contributed by atoms with Gasteiger partial charge in [-0.25, -0.2) is 4.98 Å². The third-order valence-corrected chi connectivity index (χ3v) is 4.69. The van der Waals surface area contributed by atoms with E-state index < -0.39 is 0 Å². The lowest BCUT2D eigenvalue weighted by Crippen LogP contribution is -2.42. The van der Waals surface area contributed by atoms with Crippen LogP contribution in [0.3, 0.4) is 0 Å². The minimum absolute atomic E-state index is 0.0687. The number of hydrogen-bond acceptors (Lipinski definition) is 4. The first kappa shape index (κ1) is 15.9. The molecule has 0 radical (unpaired) electrons. The lowest BCUT2D eigenvalue weighted by molar-refractivity contribution is 0.0624. The molecule has 7 heteroatoms. The summed E-state index contributed by atoms with van der Waals surface area (Å²) < 4.78 is 5.10. The third-order valence-electron chi connectivity index (χ3n) is 3.15. The monoisotopic (exact) mass is 334 g/mol. The van der Waals surface area contributed by atoms with Crippen LogP contribution in [0.15, 0.2) is 12.1 Å². The number of rotatable bonds is 5. The van der Waals surface area contributed by atoms with E-state index >= 15 is 0 Å². The maximum absolute atomic E-state index is 12.7. The first-order valence-electron chi connectivity index (χ1n) is 6.32. The van der Waals surface area contributed by atoms with Gasteiger partial charge in [0.2, 0.25) is 0 Å². The molecule has 1 atom stereocenters. The molecule has 1 aliphatic heterocycles. The number of nitrogens with zero attached hydrogens (tertiary/aromatic N) is 2. The Morgan fingerprint density at radius 2 is 2.20 bits per heavy atom. The van der Waals surface area contributed by atoms with Crippen molar-refractivity contribution < 1.29 is 9.53 Å². The van der Waals surface area contributed by atoms with Crippen LogP contribution in [-0.2, 0) is 4.74 Å². The predicted molar refractivity (Wildman–Crippen MR) is 82.9 cm³/mol. The molecule has 0 saturated carbocycles. The minimum atomic E-state index is -0.0687. The predicted octanol–water partition coefficient (Wildman–Crippen LogP) is 2.98. The summed E-state index contributed by atoms with van der Waals surface area (Å²) in [6.45, 7) is 1.08. The molecule has 2 rings (SSSR count). The van der Waals surface area contributed by atoms with Gasteiger partial charge in [0.1, 0.15) is 10.3 Å². The van der Waals surface area contributed by atoms with Gasteiger partial charge in [0, 0.05) is 31.0 Å². The van der Waals surface area contributed by atoms with Crippen molar-refractivity contribution in [1.82, 2.24) is 9.88 Å². The van der Waals surface area contributed by atoms with Crippen LogP contribution in [0, 0.1) is 0 Å². The van der Waals surface area contributed by atoms with Crippen molar-refractivity contribution in [3.8, 4) is 0 Å². The molecule has 0 N–H and O–H groups in total. The van der Waals surface area contributed by atoms with Crippen LogP contribution in [-0.4, -0.2) is 53.6 Å². The van der Waals surface area contributed by atoms with Gasteiger partial charge in [-0.05, 0) is 24.3 Å². The Bertz CT molecular complexity index is 461. The van der Waals surface area contributed by atoms with Crippen LogP contribution in [0.4, 0.5) is 0 Å². The standard InChI is InChI=1S/C13H16Cl2N2O2S/c1-19-4-3-17(10-2-5-20-8-10)13(18)9-6-11(14)16-12(15)7-9/h6-7,10H,2-5,8H2,1H3. The Morgan fingerprint density at radius 1 is 1.50 bits per heavy atom. The van der Waals surface area contributed by atoms with Gasteiger partial charge in [0.25, 0.3) is 5.91 Å². The van der Waals surface area contributed by atoms with Crippen molar-refractivity contribution in [3.63, 3.8) is 0 Å². The molecular formula is C13H16Cl2N2O2S. The fraction of sp³-hybridized carbons (Fsp3) is 0.538. The molecule has 4 nitrogen and oxygen atoms in total. The Balaban J connectivity index is 2.19. The van der Waals surface area contributed by atoms with Gasteiger partial charge < -0.3 is 9.64 Å². The molecule has 1 aromatic rings. The Labute approximate surface area is 132 Å². The third kappa shape index (κ3) is 4.01. The van der Waals surface area contributed by atoms with Gasteiger partial charge in [-0.15, -0.1) is 0 Å². The normalized spacial score (nSPS) is 18.2. The highest BCUT2D eigenvalue weighted by Crippen LogP contribution is 2.25. The van der Waals surface area contributed by atoms with Crippen molar-refractivity contribution in [1.29, 1.82) is 0 Å². The van der Waals surface area contributed by atoms with Crippen LogP contribution >= 0.6 is 35.0 Å². The van der Waals surface area contributed by atoms with E-state index in [4.69, 9.17) is 27.9 Å². The smallest absolute Gasteiger partial charge is 0.254 e. The van der Waals surface area contributed by atoms with Gasteiger partial charge >= 0.3 is 0 Å². The van der Waals surface area contributed by atoms with Crippen molar-refractivity contribution in [3.05, 3.63) is 28.0 Å².